The molecule has 0 spiro atoms. The second kappa shape index (κ2) is 5.00. The maximum Gasteiger partial charge on any atom is 0.0596 e. The van der Waals surface area contributed by atoms with Gasteiger partial charge in [-0.15, -0.1) is 0 Å². The van der Waals surface area contributed by atoms with Crippen molar-refractivity contribution in [1.29, 1.82) is 0 Å². The predicted molar refractivity (Wildman–Crippen MR) is 66.5 cm³/mol. The smallest absolute Gasteiger partial charge is 0.0596 e. The van der Waals surface area contributed by atoms with Gasteiger partial charge in [0.1, 0.15) is 0 Å². The third-order valence-electron chi connectivity index (χ3n) is 3.46. The van der Waals surface area contributed by atoms with Gasteiger partial charge < -0.3 is 5.32 Å². The third-order valence-corrected chi connectivity index (χ3v) is 3.46. The van der Waals surface area contributed by atoms with E-state index in [2.05, 4.69) is 41.9 Å². The number of nitrogens with one attached hydrogen (secondary N) is 1. The molecule has 90 valence electrons. The zero-order valence-electron chi connectivity index (χ0n) is 10.7. The van der Waals surface area contributed by atoms with E-state index in [-0.39, 0.29) is 0 Å². The SMILES string of the molecule is Cc1cc(C)n(CCCNC2CC(C)C2)n1. The second-order valence-corrected chi connectivity index (χ2v) is 5.23. The molecule has 0 saturated heterocycles. The molecule has 0 atom stereocenters. The Balaban J connectivity index is 1.63. The lowest BCUT2D eigenvalue weighted by atomic mass is 9.82. The molecule has 3 heteroatoms. The van der Waals surface area contributed by atoms with E-state index in [4.69, 9.17) is 0 Å². The quantitative estimate of drug-likeness (QED) is 0.773. The van der Waals surface area contributed by atoms with Crippen molar-refractivity contribution in [2.75, 3.05) is 6.54 Å². The number of aryl methyl sites for hydroxylation is 3. The summed E-state index contributed by atoms with van der Waals surface area (Å²) < 4.78 is 2.11. The van der Waals surface area contributed by atoms with E-state index in [9.17, 15) is 0 Å². The highest BCUT2D eigenvalue weighted by atomic mass is 15.3. The molecule has 2 rings (SSSR count). The van der Waals surface area contributed by atoms with Gasteiger partial charge in [0.2, 0.25) is 0 Å². The lowest BCUT2D eigenvalue weighted by Crippen LogP contribution is -2.40. The summed E-state index contributed by atoms with van der Waals surface area (Å²) in [5.74, 6) is 0.938. The standard InChI is InChI=1S/C13H23N3/c1-10-7-13(8-10)14-5-4-6-16-12(3)9-11(2)15-16/h9-10,13-14H,4-8H2,1-3H3. The second-order valence-electron chi connectivity index (χ2n) is 5.23. The van der Waals surface area contributed by atoms with Crippen molar-refractivity contribution in [3.05, 3.63) is 17.5 Å². The van der Waals surface area contributed by atoms with Gasteiger partial charge in [-0.2, -0.15) is 5.10 Å². The number of hydrogen-bond acceptors (Lipinski definition) is 2. The van der Waals surface area contributed by atoms with Crippen molar-refractivity contribution in [1.82, 2.24) is 15.1 Å². The molecular formula is C13H23N3. The number of nitrogens with zero attached hydrogens (tertiary/aromatic N) is 2. The van der Waals surface area contributed by atoms with Gasteiger partial charge in [-0.25, -0.2) is 0 Å². The summed E-state index contributed by atoms with van der Waals surface area (Å²) in [5, 5.41) is 8.07. The maximum absolute atomic E-state index is 4.46. The number of hydrogen-bond donors (Lipinski definition) is 1. The summed E-state index contributed by atoms with van der Waals surface area (Å²) in [6, 6.07) is 2.93. The summed E-state index contributed by atoms with van der Waals surface area (Å²) in [7, 11) is 0. The Morgan fingerprint density at radius 1 is 1.44 bits per heavy atom. The Bertz CT molecular complexity index is 337. The molecule has 3 nitrogen and oxygen atoms in total. The first-order chi connectivity index (χ1) is 7.65. The van der Waals surface area contributed by atoms with Crippen LogP contribution in [0.25, 0.3) is 0 Å². The highest BCUT2D eigenvalue weighted by Crippen LogP contribution is 2.25. The zero-order chi connectivity index (χ0) is 11.5. The molecule has 1 aromatic heterocycles. The van der Waals surface area contributed by atoms with Crippen LogP contribution in [-0.4, -0.2) is 22.4 Å². The van der Waals surface area contributed by atoms with Crippen LogP contribution in [0.3, 0.4) is 0 Å². The van der Waals surface area contributed by atoms with Crippen LogP contribution < -0.4 is 5.32 Å². The van der Waals surface area contributed by atoms with Gasteiger partial charge in [0, 0.05) is 18.3 Å². The normalized spacial score (nSPS) is 24.4. The van der Waals surface area contributed by atoms with Crippen LogP contribution in [0.4, 0.5) is 0 Å². The van der Waals surface area contributed by atoms with E-state index in [0.717, 1.165) is 30.7 Å². The van der Waals surface area contributed by atoms with Crippen LogP contribution in [0, 0.1) is 19.8 Å². The van der Waals surface area contributed by atoms with Gasteiger partial charge in [-0.1, -0.05) is 6.92 Å². The minimum atomic E-state index is 0.787. The van der Waals surface area contributed by atoms with Gasteiger partial charge in [0.25, 0.3) is 0 Å². The minimum Gasteiger partial charge on any atom is -0.314 e. The molecule has 1 saturated carbocycles. The molecule has 0 radical (unpaired) electrons. The molecular weight excluding hydrogens is 198 g/mol. The fourth-order valence-electron chi connectivity index (χ4n) is 2.51. The van der Waals surface area contributed by atoms with E-state index in [1.165, 1.54) is 25.0 Å². The monoisotopic (exact) mass is 221 g/mol. The molecule has 0 amide bonds. The molecule has 1 heterocycles. The zero-order valence-corrected chi connectivity index (χ0v) is 10.7. The van der Waals surface area contributed by atoms with Crippen molar-refractivity contribution in [3.8, 4) is 0 Å². The van der Waals surface area contributed by atoms with Crippen LogP contribution in [0.15, 0.2) is 6.07 Å². The number of rotatable bonds is 5. The summed E-state index contributed by atoms with van der Waals surface area (Å²) in [4.78, 5) is 0. The van der Waals surface area contributed by atoms with Crippen LogP contribution in [0.2, 0.25) is 0 Å². The van der Waals surface area contributed by atoms with Crippen LogP contribution in [0.5, 0.6) is 0 Å². The molecule has 1 aromatic rings. The summed E-state index contributed by atoms with van der Waals surface area (Å²) >= 11 is 0. The first-order valence-electron chi connectivity index (χ1n) is 6.39. The molecule has 0 bridgehead atoms. The molecule has 1 aliphatic rings. The number of aromatic nitrogens is 2. The van der Waals surface area contributed by atoms with Crippen LogP contribution in [-0.2, 0) is 6.54 Å². The summed E-state index contributed by atoms with van der Waals surface area (Å²) in [5.41, 5.74) is 2.40. The third kappa shape index (κ3) is 2.85. The Labute approximate surface area is 98.2 Å². The first kappa shape index (κ1) is 11.6. The van der Waals surface area contributed by atoms with Gasteiger partial charge in [-0.3, -0.25) is 4.68 Å². The minimum absolute atomic E-state index is 0.787. The largest absolute Gasteiger partial charge is 0.314 e. The van der Waals surface area contributed by atoms with E-state index in [1.54, 1.807) is 0 Å². The van der Waals surface area contributed by atoms with E-state index in [0.29, 0.717) is 0 Å². The highest BCUT2D eigenvalue weighted by molar-refractivity contribution is 5.06. The Morgan fingerprint density at radius 2 is 2.19 bits per heavy atom. The average molecular weight is 221 g/mol. The Morgan fingerprint density at radius 3 is 2.75 bits per heavy atom. The van der Waals surface area contributed by atoms with Crippen molar-refractivity contribution in [2.45, 2.75) is 52.6 Å². The maximum atomic E-state index is 4.46. The van der Waals surface area contributed by atoms with Gasteiger partial charge >= 0.3 is 0 Å². The first-order valence-corrected chi connectivity index (χ1v) is 6.39. The van der Waals surface area contributed by atoms with E-state index < -0.39 is 0 Å². The lowest BCUT2D eigenvalue weighted by molar-refractivity contribution is 0.240. The van der Waals surface area contributed by atoms with Crippen molar-refractivity contribution < 1.29 is 0 Å². The highest BCUT2D eigenvalue weighted by Gasteiger charge is 2.23. The molecule has 1 aliphatic carbocycles. The molecule has 0 aliphatic heterocycles. The Kier molecular flexibility index (Phi) is 3.64. The molecule has 1 N–H and O–H groups in total. The van der Waals surface area contributed by atoms with Crippen LogP contribution >= 0.6 is 0 Å². The molecule has 16 heavy (non-hydrogen) atoms. The van der Waals surface area contributed by atoms with Gasteiger partial charge in [0.15, 0.2) is 0 Å². The fourth-order valence-corrected chi connectivity index (χ4v) is 2.51. The van der Waals surface area contributed by atoms with Crippen LogP contribution in [0.1, 0.15) is 37.6 Å². The topological polar surface area (TPSA) is 29.9 Å². The molecule has 0 aromatic carbocycles. The van der Waals surface area contributed by atoms with E-state index >= 15 is 0 Å². The van der Waals surface area contributed by atoms with Crippen molar-refractivity contribution in [2.24, 2.45) is 5.92 Å². The van der Waals surface area contributed by atoms with Crippen molar-refractivity contribution >= 4 is 0 Å². The lowest BCUT2D eigenvalue weighted by Gasteiger charge is -2.33. The van der Waals surface area contributed by atoms with Crippen molar-refractivity contribution in [3.63, 3.8) is 0 Å². The van der Waals surface area contributed by atoms with Gasteiger partial charge in [0.05, 0.1) is 5.69 Å². The Hall–Kier alpha value is -0.830. The van der Waals surface area contributed by atoms with Gasteiger partial charge in [-0.05, 0) is 51.6 Å². The fraction of sp³-hybridized carbons (Fsp3) is 0.769. The molecule has 1 fully saturated rings. The average Bonchev–Trinajstić information content (AvgIpc) is 2.49. The summed E-state index contributed by atoms with van der Waals surface area (Å²) in [6.45, 7) is 8.66. The summed E-state index contributed by atoms with van der Waals surface area (Å²) in [6.07, 6.45) is 3.90. The predicted octanol–water partition coefficient (Wildman–Crippen LogP) is 2.28. The molecule has 0 unspecified atom stereocenters. The van der Waals surface area contributed by atoms with E-state index in [1.807, 2.05) is 0 Å².